The average molecular weight is 211 g/mol. The van der Waals surface area contributed by atoms with Crippen molar-refractivity contribution < 1.29 is 5.11 Å². The van der Waals surface area contributed by atoms with Gasteiger partial charge in [0.25, 0.3) is 0 Å². The van der Waals surface area contributed by atoms with Crippen LogP contribution in [-0.4, -0.2) is 11.7 Å². The van der Waals surface area contributed by atoms with Crippen LogP contribution in [0.2, 0.25) is 0 Å². The number of aliphatic hydroxyl groups is 1. The fourth-order valence-corrected chi connectivity index (χ4v) is 3.00. The molecule has 2 nitrogen and oxygen atoms in total. The molecule has 1 fully saturated rings. The second kappa shape index (κ2) is 3.65. The lowest BCUT2D eigenvalue weighted by Crippen LogP contribution is -2.43. The number of aliphatic hydroxyl groups excluding tert-OH is 1. The summed E-state index contributed by atoms with van der Waals surface area (Å²) in [5.41, 5.74) is 7.44. The van der Waals surface area contributed by atoms with Crippen LogP contribution in [0.15, 0.2) is 11.4 Å². The summed E-state index contributed by atoms with van der Waals surface area (Å²) in [7, 11) is 0. The van der Waals surface area contributed by atoms with E-state index in [9.17, 15) is 5.11 Å². The van der Waals surface area contributed by atoms with Crippen LogP contribution < -0.4 is 5.73 Å². The molecule has 2 rings (SSSR count). The van der Waals surface area contributed by atoms with E-state index < -0.39 is 0 Å². The molecule has 0 spiro atoms. The fourth-order valence-electron chi connectivity index (χ4n) is 2.25. The van der Waals surface area contributed by atoms with Gasteiger partial charge in [0.05, 0.1) is 6.61 Å². The van der Waals surface area contributed by atoms with Crippen molar-refractivity contribution in [2.45, 2.75) is 32.2 Å². The van der Waals surface area contributed by atoms with Gasteiger partial charge in [-0.05, 0) is 36.8 Å². The quantitative estimate of drug-likeness (QED) is 0.805. The molecule has 1 aromatic rings. The second-order valence-corrected chi connectivity index (χ2v) is 5.40. The molecule has 1 aromatic heterocycles. The highest BCUT2D eigenvalue weighted by molar-refractivity contribution is 7.10. The van der Waals surface area contributed by atoms with Crippen molar-refractivity contribution in [3.05, 3.63) is 21.9 Å². The molecule has 14 heavy (non-hydrogen) atoms. The van der Waals surface area contributed by atoms with Crippen LogP contribution in [0.25, 0.3) is 0 Å². The molecule has 0 aliphatic heterocycles. The first kappa shape index (κ1) is 10.1. The first-order chi connectivity index (χ1) is 6.69. The summed E-state index contributed by atoms with van der Waals surface area (Å²) in [6.45, 7) is 2.33. The summed E-state index contributed by atoms with van der Waals surface area (Å²) in [4.78, 5) is 1.29. The molecular formula is C11H17NOS. The van der Waals surface area contributed by atoms with Crippen LogP contribution in [0.4, 0.5) is 0 Å². The van der Waals surface area contributed by atoms with E-state index in [1.54, 1.807) is 11.3 Å². The van der Waals surface area contributed by atoms with Gasteiger partial charge in [-0.3, -0.25) is 0 Å². The standard InChI is InChI=1S/C11H17NOS/c1-8-9(3-6-14-8)10(12)11(7-13)4-2-5-11/h3,6,10,13H,2,4-5,7,12H2,1H3. The van der Waals surface area contributed by atoms with Gasteiger partial charge >= 0.3 is 0 Å². The largest absolute Gasteiger partial charge is 0.396 e. The second-order valence-electron chi connectivity index (χ2n) is 4.28. The van der Waals surface area contributed by atoms with Gasteiger partial charge in [0, 0.05) is 16.3 Å². The van der Waals surface area contributed by atoms with Gasteiger partial charge in [0.1, 0.15) is 0 Å². The fraction of sp³-hybridized carbons (Fsp3) is 0.636. The number of thiophene rings is 1. The molecule has 0 saturated heterocycles. The van der Waals surface area contributed by atoms with E-state index in [2.05, 4.69) is 18.4 Å². The normalized spacial score (nSPS) is 21.6. The average Bonchev–Trinajstić information content (AvgIpc) is 2.50. The number of hydrogen-bond acceptors (Lipinski definition) is 3. The van der Waals surface area contributed by atoms with Gasteiger partial charge in [-0.25, -0.2) is 0 Å². The molecule has 1 saturated carbocycles. The summed E-state index contributed by atoms with van der Waals surface area (Å²) in [6, 6.07) is 2.12. The van der Waals surface area contributed by atoms with Crippen molar-refractivity contribution in [1.82, 2.24) is 0 Å². The monoisotopic (exact) mass is 211 g/mol. The van der Waals surface area contributed by atoms with Gasteiger partial charge in [-0.15, -0.1) is 11.3 Å². The van der Waals surface area contributed by atoms with Crippen molar-refractivity contribution in [2.24, 2.45) is 11.1 Å². The van der Waals surface area contributed by atoms with Gasteiger partial charge in [0.15, 0.2) is 0 Å². The zero-order chi connectivity index (χ0) is 10.2. The Balaban J connectivity index is 2.22. The van der Waals surface area contributed by atoms with E-state index in [4.69, 9.17) is 5.73 Å². The molecule has 1 unspecified atom stereocenters. The third-order valence-corrected chi connectivity index (χ3v) is 4.42. The van der Waals surface area contributed by atoms with Gasteiger partial charge in [-0.1, -0.05) is 6.42 Å². The maximum absolute atomic E-state index is 9.42. The highest BCUT2D eigenvalue weighted by atomic mass is 32.1. The molecule has 3 heteroatoms. The SMILES string of the molecule is Cc1sccc1C(N)C1(CO)CCC1. The van der Waals surface area contributed by atoms with Crippen LogP contribution in [0.3, 0.4) is 0 Å². The van der Waals surface area contributed by atoms with Gasteiger partial charge in [-0.2, -0.15) is 0 Å². The highest BCUT2D eigenvalue weighted by Gasteiger charge is 2.43. The summed E-state index contributed by atoms with van der Waals surface area (Å²) < 4.78 is 0. The first-order valence-electron chi connectivity index (χ1n) is 5.10. The predicted octanol–water partition coefficient (Wildman–Crippen LogP) is 2.22. The zero-order valence-electron chi connectivity index (χ0n) is 8.49. The number of nitrogens with two attached hydrogens (primary N) is 1. The van der Waals surface area contributed by atoms with E-state index in [0.29, 0.717) is 0 Å². The Bertz CT molecular complexity index is 311. The topological polar surface area (TPSA) is 46.2 Å². The van der Waals surface area contributed by atoms with Crippen LogP contribution in [0.5, 0.6) is 0 Å². The predicted molar refractivity (Wildman–Crippen MR) is 59.4 cm³/mol. The number of aryl methyl sites for hydroxylation is 1. The number of rotatable bonds is 3. The lowest BCUT2D eigenvalue weighted by molar-refractivity contribution is 0.0184. The summed E-state index contributed by atoms with van der Waals surface area (Å²) in [6.07, 6.45) is 3.34. The summed E-state index contributed by atoms with van der Waals surface area (Å²) in [5, 5.41) is 11.5. The van der Waals surface area contributed by atoms with E-state index >= 15 is 0 Å². The van der Waals surface area contributed by atoms with Crippen molar-refractivity contribution in [1.29, 1.82) is 0 Å². The zero-order valence-corrected chi connectivity index (χ0v) is 9.31. The maximum atomic E-state index is 9.42. The Labute approximate surface area is 88.8 Å². The Morgan fingerprint density at radius 1 is 1.64 bits per heavy atom. The molecule has 78 valence electrons. The van der Waals surface area contributed by atoms with Crippen molar-refractivity contribution >= 4 is 11.3 Å². The van der Waals surface area contributed by atoms with E-state index in [0.717, 1.165) is 12.8 Å². The highest BCUT2D eigenvalue weighted by Crippen LogP contribution is 2.49. The van der Waals surface area contributed by atoms with E-state index in [1.165, 1.54) is 16.9 Å². The van der Waals surface area contributed by atoms with Crippen molar-refractivity contribution in [3.8, 4) is 0 Å². The molecule has 1 aliphatic carbocycles. The Kier molecular flexibility index (Phi) is 2.64. The van der Waals surface area contributed by atoms with Crippen molar-refractivity contribution in [3.63, 3.8) is 0 Å². The minimum Gasteiger partial charge on any atom is -0.396 e. The molecule has 0 radical (unpaired) electrons. The molecule has 1 aliphatic rings. The molecule has 0 aromatic carbocycles. The molecule has 1 atom stereocenters. The number of hydrogen-bond donors (Lipinski definition) is 2. The summed E-state index contributed by atoms with van der Waals surface area (Å²) >= 11 is 1.73. The maximum Gasteiger partial charge on any atom is 0.0505 e. The smallest absolute Gasteiger partial charge is 0.0505 e. The Morgan fingerprint density at radius 3 is 2.71 bits per heavy atom. The minimum absolute atomic E-state index is 0.0208. The van der Waals surface area contributed by atoms with Gasteiger partial charge < -0.3 is 10.8 Å². The Hall–Kier alpha value is -0.380. The molecular weight excluding hydrogens is 194 g/mol. The summed E-state index contributed by atoms with van der Waals surface area (Å²) in [5.74, 6) is 0. The first-order valence-corrected chi connectivity index (χ1v) is 5.98. The lowest BCUT2D eigenvalue weighted by Gasteiger charge is -2.45. The Morgan fingerprint density at radius 2 is 2.36 bits per heavy atom. The van der Waals surface area contributed by atoms with Crippen molar-refractivity contribution in [2.75, 3.05) is 6.61 Å². The van der Waals surface area contributed by atoms with Crippen LogP contribution in [0.1, 0.15) is 35.7 Å². The third-order valence-electron chi connectivity index (χ3n) is 3.56. The van der Waals surface area contributed by atoms with E-state index in [-0.39, 0.29) is 18.1 Å². The molecule has 0 amide bonds. The van der Waals surface area contributed by atoms with Crippen LogP contribution >= 0.6 is 11.3 Å². The van der Waals surface area contributed by atoms with Crippen LogP contribution in [-0.2, 0) is 0 Å². The molecule has 0 bridgehead atoms. The van der Waals surface area contributed by atoms with E-state index in [1.807, 2.05) is 0 Å². The van der Waals surface area contributed by atoms with Crippen LogP contribution in [0, 0.1) is 12.3 Å². The molecule has 1 heterocycles. The third kappa shape index (κ3) is 1.40. The van der Waals surface area contributed by atoms with Gasteiger partial charge in [0.2, 0.25) is 0 Å². The molecule has 3 N–H and O–H groups in total. The lowest BCUT2D eigenvalue weighted by atomic mass is 9.63. The minimum atomic E-state index is -0.0220.